The smallest absolute Gasteiger partial charge is 0.0964 e. The lowest BCUT2D eigenvalue weighted by Gasteiger charge is -2.03. The van der Waals surface area contributed by atoms with Crippen LogP contribution in [0.15, 0.2) is 29.3 Å². The third-order valence-electron chi connectivity index (χ3n) is 2.71. The minimum absolute atomic E-state index is 0.958. The summed E-state index contributed by atoms with van der Waals surface area (Å²) in [6.45, 7) is 4.13. The number of nitrogens with one attached hydrogen (secondary N) is 1. The highest BCUT2D eigenvalue weighted by Crippen LogP contribution is 2.08. The van der Waals surface area contributed by atoms with Crippen LogP contribution < -0.4 is 5.32 Å². The van der Waals surface area contributed by atoms with Crippen molar-refractivity contribution in [3.63, 3.8) is 0 Å². The first-order valence-electron chi connectivity index (χ1n) is 5.67. The Morgan fingerprint density at radius 1 is 1.33 bits per heavy atom. The summed E-state index contributed by atoms with van der Waals surface area (Å²) < 4.78 is 0. The van der Waals surface area contributed by atoms with Crippen LogP contribution in [-0.4, -0.2) is 18.9 Å². The highest BCUT2D eigenvalue weighted by molar-refractivity contribution is 5.83. The van der Waals surface area contributed by atoms with Gasteiger partial charge in [-0.1, -0.05) is 29.8 Å². The Morgan fingerprint density at radius 2 is 2.27 bits per heavy atom. The zero-order valence-electron chi connectivity index (χ0n) is 9.29. The van der Waals surface area contributed by atoms with Gasteiger partial charge < -0.3 is 5.32 Å². The van der Waals surface area contributed by atoms with Crippen molar-refractivity contribution in [3.8, 4) is 0 Å². The third-order valence-corrected chi connectivity index (χ3v) is 2.71. The molecule has 80 valence electrons. The molecule has 2 rings (SSSR count). The predicted molar refractivity (Wildman–Crippen MR) is 64.4 cm³/mol. The Morgan fingerprint density at radius 3 is 3.00 bits per heavy atom. The Balaban J connectivity index is 1.78. The van der Waals surface area contributed by atoms with E-state index in [9.17, 15) is 0 Å². The fourth-order valence-electron chi connectivity index (χ4n) is 1.94. The van der Waals surface area contributed by atoms with E-state index in [1.54, 1.807) is 0 Å². The SMILES string of the molecule is Cc1cccc(CCCC2=NCCN2)c1. The number of aryl methyl sites for hydroxylation is 2. The molecular weight excluding hydrogens is 184 g/mol. The van der Waals surface area contributed by atoms with Crippen molar-refractivity contribution in [1.82, 2.24) is 5.32 Å². The second-order valence-corrected chi connectivity index (χ2v) is 4.10. The first-order chi connectivity index (χ1) is 7.34. The van der Waals surface area contributed by atoms with Crippen molar-refractivity contribution in [1.29, 1.82) is 0 Å². The monoisotopic (exact) mass is 202 g/mol. The van der Waals surface area contributed by atoms with Crippen molar-refractivity contribution in [2.45, 2.75) is 26.2 Å². The molecule has 0 aromatic heterocycles. The minimum atomic E-state index is 0.958. The van der Waals surface area contributed by atoms with E-state index in [0.29, 0.717) is 0 Å². The fraction of sp³-hybridized carbons (Fsp3) is 0.462. The Labute approximate surface area is 91.4 Å². The first-order valence-corrected chi connectivity index (χ1v) is 5.67. The average molecular weight is 202 g/mol. The maximum absolute atomic E-state index is 4.39. The van der Waals surface area contributed by atoms with Crippen LogP contribution in [0.4, 0.5) is 0 Å². The van der Waals surface area contributed by atoms with Crippen LogP contribution in [0, 0.1) is 6.92 Å². The van der Waals surface area contributed by atoms with Crippen LogP contribution in [-0.2, 0) is 6.42 Å². The van der Waals surface area contributed by atoms with Gasteiger partial charge in [0.05, 0.1) is 12.4 Å². The Kier molecular flexibility index (Phi) is 3.38. The molecule has 0 saturated heterocycles. The van der Waals surface area contributed by atoms with Gasteiger partial charge in [0.2, 0.25) is 0 Å². The van der Waals surface area contributed by atoms with E-state index >= 15 is 0 Å². The van der Waals surface area contributed by atoms with Crippen LogP contribution >= 0.6 is 0 Å². The summed E-state index contributed by atoms with van der Waals surface area (Å²) in [7, 11) is 0. The second kappa shape index (κ2) is 4.96. The van der Waals surface area contributed by atoms with Crippen molar-refractivity contribution >= 4 is 5.84 Å². The molecule has 2 heteroatoms. The van der Waals surface area contributed by atoms with Gasteiger partial charge in [-0.05, 0) is 25.3 Å². The van der Waals surface area contributed by atoms with Gasteiger partial charge in [0, 0.05) is 13.0 Å². The summed E-state index contributed by atoms with van der Waals surface area (Å²) in [5, 5.41) is 3.30. The summed E-state index contributed by atoms with van der Waals surface area (Å²) >= 11 is 0. The van der Waals surface area contributed by atoms with Crippen LogP contribution in [0.1, 0.15) is 24.0 Å². The molecule has 0 radical (unpaired) electrons. The number of hydrogen-bond donors (Lipinski definition) is 1. The number of aliphatic imine (C=N–C) groups is 1. The Bertz CT molecular complexity index is 355. The molecule has 1 aromatic carbocycles. The van der Waals surface area contributed by atoms with E-state index in [2.05, 4.69) is 41.5 Å². The first kappa shape index (κ1) is 10.2. The van der Waals surface area contributed by atoms with Gasteiger partial charge in [-0.25, -0.2) is 0 Å². The summed E-state index contributed by atoms with van der Waals surface area (Å²) in [6, 6.07) is 8.75. The van der Waals surface area contributed by atoms with Crippen LogP contribution in [0.5, 0.6) is 0 Å². The van der Waals surface area contributed by atoms with E-state index in [0.717, 1.165) is 25.9 Å². The minimum Gasteiger partial charge on any atom is -0.372 e. The molecule has 1 heterocycles. The largest absolute Gasteiger partial charge is 0.372 e. The number of hydrogen-bond acceptors (Lipinski definition) is 2. The molecule has 2 nitrogen and oxygen atoms in total. The zero-order chi connectivity index (χ0) is 10.5. The fourth-order valence-corrected chi connectivity index (χ4v) is 1.94. The van der Waals surface area contributed by atoms with Crippen LogP contribution in [0.2, 0.25) is 0 Å². The molecular formula is C13H18N2. The summed E-state index contributed by atoms with van der Waals surface area (Å²) in [5.74, 6) is 1.20. The standard InChI is InChI=1S/C13H18N2/c1-11-4-2-5-12(10-11)6-3-7-13-14-8-9-15-13/h2,4-5,10H,3,6-9H2,1H3,(H,14,15). The van der Waals surface area contributed by atoms with Crippen LogP contribution in [0.25, 0.3) is 0 Å². The highest BCUT2D eigenvalue weighted by Gasteiger charge is 2.03. The molecule has 1 aliphatic rings. The topological polar surface area (TPSA) is 24.4 Å². The van der Waals surface area contributed by atoms with Crippen molar-refractivity contribution < 1.29 is 0 Å². The molecule has 0 amide bonds. The van der Waals surface area contributed by atoms with Gasteiger partial charge in [-0.2, -0.15) is 0 Å². The molecule has 1 aliphatic heterocycles. The molecule has 0 fully saturated rings. The van der Waals surface area contributed by atoms with Crippen molar-refractivity contribution in [2.24, 2.45) is 4.99 Å². The summed E-state index contributed by atoms with van der Waals surface area (Å²) in [5.41, 5.74) is 2.79. The van der Waals surface area contributed by atoms with Gasteiger partial charge in [0.25, 0.3) is 0 Å². The van der Waals surface area contributed by atoms with Crippen LogP contribution in [0.3, 0.4) is 0 Å². The molecule has 0 spiro atoms. The van der Waals surface area contributed by atoms with Gasteiger partial charge in [0.1, 0.15) is 0 Å². The van der Waals surface area contributed by atoms with Crippen molar-refractivity contribution in [3.05, 3.63) is 35.4 Å². The highest BCUT2D eigenvalue weighted by atomic mass is 15.1. The number of rotatable bonds is 4. The van der Waals surface area contributed by atoms with E-state index in [-0.39, 0.29) is 0 Å². The van der Waals surface area contributed by atoms with Crippen molar-refractivity contribution in [2.75, 3.05) is 13.1 Å². The molecule has 0 unspecified atom stereocenters. The normalized spacial score (nSPS) is 14.9. The average Bonchev–Trinajstić information content (AvgIpc) is 2.71. The number of benzene rings is 1. The predicted octanol–water partition coefficient (Wildman–Crippen LogP) is 2.32. The Hall–Kier alpha value is -1.31. The van der Waals surface area contributed by atoms with Gasteiger partial charge >= 0.3 is 0 Å². The summed E-state index contributed by atoms with van der Waals surface area (Å²) in [4.78, 5) is 4.39. The number of amidine groups is 1. The molecule has 0 atom stereocenters. The third kappa shape index (κ3) is 3.08. The second-order valence-electron chi connectivity index (χ2n) is 4.10. The molecule has 1 aromatic rings. The van der Waals surface area contributed by atoms with E-state index in [1.807, 2.05) is 0 Å². The van der Waals surface area contributed by atoms with E-state index in [1.165, 1.54) is 23.4 Å². The van der Waals surface area contributed by atoms with Gasteiger partial charge in [-0.15, -0.1) is 0 Å². The van der Waals surface area contributed by atoms with E-state index < -0.39 is 0 Å². The lowest BCUT2D eigenvalue weighted by atomic mass is 10.1. The summed E-state index contributed by atoms with van der Waals surface area (Å²) in [6.07, 6.45) is 3.44. The van der Waals surface area contributed by atoms with Gasteiger partial charge in [0.15, 0.2) is 0 Å². The number of nitrogens with zero attached hydrogens (tertiary/aromatic N) is 1. The maximum atomic E-state index is 4.39. The lowest BCUT2D eigenvalue weighted by molar-refractivity contribution is 0.844. The maximum Gasteiger partial charge on any atom is 0.0964 e. The molecule has 0 bridgehead atoms. The molecule has 0 aliphatic carbocycles. The van der Waals surface area contributed by atoms with E-state index in [4.69, 9.17) is 0 Å². The molecule has 0 saturated carbocycles. The van der Waals surface area contributed by atoms with Gasteiger partial charge in [-0.3, -0.25) is 4.99 Å². The molecule has 1 N–H and O–H groups in total. The molecule has 15 heavy (non-hydrogen) atoms. The zero-order valence-corrected chi connectivity index (χ0v) is 9.29. The quantitative estimate of drug-likeness (QED) is 0.796. The lowest BCUT2D eigenvalue weighted by Crippen LogP contribution is -2.18.